The van der Waals surface area contributed by atoms with Gasteiger partial charge in [-0.25, -0.2) is 24.3 Å². The average molecular weight is 484 g/mol. The Balaban J connectivity index is 1.17. The number of anilines is 3. The Morgan fingerprint density at radius 1 is 0.972 bits per heavy atom. The van der Waals surface area contributed by atoms with Crippen LogP contribution >= 0.6 is 0 Å². The van der Waals surface area contributed by atoms with Crippen molar-refractivity contribution in [3.8, 4) is 11.3 Å². The lowest BCUT2D eigenvalue weighted by Gasteiger charge is -2.15. The summed E-state index contributed by atoms with van der Waals surface area (Å²) in [5.41, 5.74) is 3.93. The summed E-state index contributed by atoms with van der Waals surface area (Å²) < 4.78 is 13.4. The third-order valence-electron chi connectivity index (χ3n) is 6.71. The quantitative estimate of drug-likeness (QED) is 0.443. The van der Waals surface area contributed by atoms with Gasteiger partial charge in [0.2, 0.25) is 11.9 Å². The SMILES string of the molecule is O=C(c1ccc(Nc2nccc(-c3ccc4nc(N5CCCC5)ncc4c3)n2)cc1)N1CC[C@@H](F)C1. The van der Waals surface area contributed by atoms with Gasteiger partial charge in [-0.2, -0.15) is 0 Å². The minimum Gasteiger partial charge on any atom is -0.341 e. The first kappa shape index (κ1) is 22.3. The number of fused-ring (bicyclic) bond motifs is 1. The first-order chi connectivity index (χ1) is 17.6. The van der Waals surface area contributed by atoms with Crippen LogP contribution in [0.25, 0.3) is 22.2 Å². The molecule has 8 nitrogen and oxygen atoms in total. The standard InChI is InChI=1S/C27H26FN7O/c28-21-10-14-35(17-21)25(36)18-3-6-22(7-4-18)31-26-29-11-9-24(32-26)19-5-8-23-20(15-19)16-30-27(33-23)34-12-1-2-13-34/h3-9,11,15-16,21H,1-2,10,12-14,17H2,(H,29,31,32)/t21-/m1/s1. The molecule has 0 bridgehead atoms. The number of aromatic nitrogens is 4. The molecule has 0 aliphatic carbocycles. The van der Waals surface area contributed by atoms with Gasteiger partial charge in [0.25, 0.3) is 5.91 Å². The molecule has 6 rings (SSSR count). The molecule has 9 heteroatoms. The molecule has 2 aromatic carbocycles. The third kappa shape index (κ3) is 4.56. The molecule has 2 saturated heterocycles. The minimum atomic E-state index is -0.929. The number of halogens is 1. The van der Waals surface area contributed by atoms with E-state index in [1.807, 2.05) is 30.5 Å². The average Bonchev–Trinajstić information content (AvgIpc) is 3.61. The number of amides is 1. The van der Waals surface area contributed by atoms with Crippen molar-refractivity contribution >= 4 is 34.4 Å². The van der Waals surface area contributed by atoms with Gasteiger partial charge in [-0.3, -0.25) is 4.79 Å². The summed E-state index contributed by atoms with van der Waals surface area (Å²) >= 11 is 0. The molecule has 2 aromatic heterocycles. The molecule has 4 aromatic rings. The summed E-state index contributed by atoms with van der Waals surface area (Å²) in [5.74, 6) is 1.10. The van der Waals surface area contributed by atoms with E-state index in [-0.39, 0.29) is 12.5 Å². The van der Waals surface area contributed by atoms with E-state index in [0.29, 0.717) is 24.5 Å². The molecule has 0 spiro atoms. The fraction of sp³-hybridized carbons (Fsp3) is 0.296. The number of rotatable bonds is 5. The van der Waals surface area contributed by atoms with Gasteiger partial charge in [-0.05, 0) is 61.7 Å². The molecule has 4 heterocycles. The number of nitrogens with zero attached hydrogens (tertiary/aromatic N) is 6. The second kappa shape index (κ2) is 9.49. The van der Waals surface area contributed by atoms with Crippen LogP contribution in [-0.2, 0) is 0 Å². The van der Waals surface area contributed by atoms with Crippen molar-refractivity contribution in [3.63, 3.8) is 0 Å². The van der Waals surface area contributed by atoms with E-state index in [1.54, 1.807) is 35.4 Å². The zero-order chi connectivity index (χ0) is 24.5. The van der Waals surface area contributed by atoms with Crippen molar-refractivity contribution in [2.24, 2.45) is 0 Å². The Kier molecular flexibility index (Phi) is 5.88. The Hall–Kier alpha value is -4.14. The van der Waals surface area contributed by atoms with Gasteiger partial charge < -0.3 is 15.1 Å². The van der Waals surface area contributed by atoms with E-state index < -0.39 is 6.17 Å². The lowest BCUT2D eigenvalue weighted by molar-refractivity contribution is 0.0783. The monoisotopic (exact) mass is 483 g/mol. The lowest BCUT2D eigenvalue weighted by atomic mass is 10.1. The summed E-state index contributed by atoms with van der Waals surface area (Å²) in [5, 5.41) is 4.15. The minimum absolute atomic E-state index is 0.146. The van der Waals surface area contributed by atoms with Crippen molar-refractivity contribution in [1.29, 1.82) is 0 Å². The van der Waals surface area contributed by atoms with Gasteiger partial charge in [0.15, 0.2) is 0 Å². The topological polar surface area (TPSA) is 87.1 Å². The second-order valence-corrected chi connectivity index (χ2v) is 9.24. The number of alkyl halides is 1. The highest BCUT2D eigenvalue weighted by atomic mass is 19.1. The number of benzene rings is 2. The first-order valence-electron chi connectivity index (χ1n) is 12.3. The highest BCUT2D eigenvalue weighted by Gasteiger charge is 2.26. The molecule has 0 radical (unpaired) electrons. The molecule has 2 aliphatic heterocycles. The van der Waals surface area contributed by atoms with Crippen LogP contribution in [0, 0.1) is 0 Å². The molecule has 1 amide bonds. The Labute approximate surface area is 208 Å². The Morgan fingerprint density at radius 3 is 2.58 bits per heavy atom. The Morgan fingerprint density at radius 2 is 1.81 bits per heavy atom. The number of hydrogen-bond donors (Lipinski definition) is 1. The smallest absolute Gasteiger partial charge is 0.253 e. The van der Waals surface area contributed by atoms with Crippen LogP contribution in [0.2, 0.25) is 0 Å². The van der Waals surface area contributed by atoms with Crippen LogP contribution in [0.15, 0.2) is 60.9 Å². The first-order valence-corrected chi connectivity index (χ1v) is 12.3. The van der Waals surface area contributed by atoms with Crippen LogP contribution in [0.3, 0.4) is 0 Å². The van der Waals surface area contributed by atoms with Crippen molar-refractivity contribution < 1.29 is 9.18 Å². The summed E-state index contributed by atoms with van der Waals surface area (Å²) in [6.45, 7) is 2.65. The van der Waals surface area contributed by atoms with Gasteiger partial charge in [-0.1, -0.05) is 6.07 Å². The summed E-state index contributed by atoms with van der Waals surface area (Å²) in [4.78, 5) is 34.6. The van der Waals surface area contributed by atoms with Crippen LogP contribution in [0.5, 0.6) is 0 Å². The van der Waals surface area contributed by atoms with E-state index in [4.69, 9.17) is 4.98 Å². The van der Waals surface area contributed by atoms with Gasteiger partial charge >= 0.3 is 0 Å². The maximum atomic E-state index is 13.4. The molecule has 0 saturated carbocycles. The second-order valence-electron chi connectivity index (χ2n) is 9.24. The van der Waals surface area contributed by atoms with Gasteiger partial charge in [-0.15, -0.1) is 0 Å². The number of carbonyl (C=O) groups excluding carboxylic acids is 1. The molecular weight excluding hydrogens is 457 g/mol. The van der Waals surface area contributed by atoms with Crippen LogP contribution in [-0.4, -0.2) is 63.1 Å². The molecule has 0 unspecified atom stereocenters. The molecule has 2 fully saturated rings. The van der Waals surface area contributed by atoms with Gasteiger partial charge in [0, 0.05) is 54.2 Å². The predicted octanol–water partition coefficient (Wildman–Crippen LogP) is 4.61. The zero-order valence-electron chi connectivity index (χ0n) is 19.8. The highest BCUT2D eigenvalue weighted by Crippen LogP contribution is 2.25. The van der Waals surface area contributed by atoms with Gasteiger partial charge in [0.05, 0.1) is 17.8 Å². The van der Waals surface area contributed by atoms with E-state index in [1.165, 1.54) is 12.8 Å². The summed E-state index contributed by atoms with van der Waals surface area (Å²) in [6, 6.07) is 15.0. The third-order valence-corrected chi connectivity index (χ3v) is 6.71. The molecule has 36 heavy (non-hydrogen) atoms. The number of likely N-dealkylation sites (tertiary alicyclic amines) is 1. The van der Waals surface area contributed by atoms with E-state index >= 15 is 0 Å². The fourth-order valence-electron chi connectivity index (χ4n) is 4.74. The number of carbonyl (C=O) groups is 1. The molecule has 182 valence electrons. The normalized spacial score (nSPS) is 17.6. The zero-order valence-corrected chi connectivity index (χ0v) is 19.8. The van der Waals surface area contributed by atoms with E-state index in [0.717, 1.165) is 46.9 Å². The number of nitrogens with one attached hydrogen (secondary N) is 1. The number of hydrogen-bond acceptors (Lipinski definition) is 7. The van der Waals surface area contributed by atoms with Crippen LogP contribution in [0.4, 0.5) is 22.0 Å². The van der Waals surface area contributed by atoms with Crippen molar-refractivity contribution in [2.45, 2.75) is 25.4 Å². The molecule has 2 aliphatic rings. The molecular formula is C27H26FN7O. The van der Waals surface area contributed by atoms with Crippen LogP contribution in [0.1, 0.15) is 29.6 Å². The van der Waals surface area contributed by atoms with Crippen molar-refractivity contribution in [3.05, 3.63) is 66.5 Å². The van der Waals surface area contributed by atoms with E-state index in [2.05, 4.69) is 25.2 Å². The van der Waals surface area contributed by atoms with Crippen molar-refractivity contribution in [2.75, 3.05) is 36.4 Å². The van der Waals surface area contributed by atoms with Gasteiger partial charge in [0.1, 0.15) is 6.17 Å². The summed E-state index contributed by atoms with van der Waals surface area (Å²) in [6.07, 6.45) is 5.43. The largest absolute Gasteiger partial charge is 0.341 e. The van der Waals surface area contributed by atoms with Crippen LogP contribution < -0.4 is 10.2 Å². The molecule has 1 N–H and O–H groups in total. The maximum absolute atomic E-state index is 13.4. The van der Waals surface area contributed by atoms with Crippen molar-refractivity contribution in [1.82, 2.24) is 24.8 Å². The maximum Gasteiger partial charge on any atom is 0.253 e. The summed E-state index contributed by atoms with van der Waals surface area (Å²) in [7, 11) is 0. The lowest BCUT2D eigenvalue weighted by Crippen LogP contribution is -2.28. The fourth-order valence-corrected chi connectivity index (χ4v) is 4.74. The van der Waals surface area contributed by atoms with E-state index in [9.17, 15) is 9.18 Å². The Bertz CT molecular complexity index is 1410. The highest BCUT2D eigenvalue weighted by molar-refractivity contribution is 5.94. The molecule has 1 atom stereocenters. The predicted molar refractivity (Wildman–Crippen MR) is 137 cm³/mol.